The Hall–Kier alpha value is -2.00. The lowest BCUT2D eigenvalue weighted by Crippen LogP contribution is -2.52. The van der Waals surface area contributed by atoms with Gasteiger partial charge in [-0.05, 0) is 79.5 Å². The molecule has 0 unspecified atom stereocenters. The van der Waals surface area contributed by atoms with Gasteiger partial charge in [-0.15, -0.1) is 0 Å². The van der Waals surface area contributed by atoms with Crippen LogP contribution < -0.4 is 14.2 Å². The number of hydrogen-bond acceptors (Lipinski definition) is 4. The third kappa shape index (κ3) is 4.55. The standard InChI is InChI=1S/C24H30FN3O3S/c1-2-31-23-14-22(18-5-7-20(25)8-6-18)21(17-3-4-17)13-19(23)15-28-11-9-24(10-12-28)16-26-32(29,30)27-24/h5-8,13-14,17,26-27H,2-4,9-12,15-16H2,1H3. The lowest BCUT2D eigenvalue weighted by atomic mass is 9.88. The summed E-state index contributed by atoms with van der Waals surface area (Å²) in [5.41, 5.74) is 4.27. The van der Waals surface area contributed by atoms with E-state index in [9.17, 15) is 12.8 Å². The number of benzene rings is 2. The van der Waals surface area contributed by atoms with E-state index in [2.05, 4.69) is 26.5 Å². The first-order valence-electron chi connectivity index (χ1n) is 11.4. The molecule has 32 heavy (non-hydrogen) atoms. The number of ether oxygens (including phenoxy) is 1. The van der Waals surface area contributed by atoms with Crippen LogP contribution in [0.25, 0.3) is 11.1 Å². The fourth-order valence-corrected chi connectivity index (χ4v) is 6.30. The SMILES string of the molecule is CCOc1cc(-c2ccc(F)cc2)c(C2CC2)cc1CN1CCC2(CC1)CNS(=O)(=O)N2. The van der Waals surface area contributed by atoms with Gasteiger partial charge >= 0.3 is 0 Å². The van der Waals surface area contributed by atoms with Gasteiger partial charge in [0.2, 0.25) is 0 Å². The molecule has 0 amide bonds. The van der Waals surface area contributed by atoms with Crippen molar-refractivity contribution in [2.75, 3.05) is 26.2 Å². The second kappa shape index (κ2) is 8.41. The number of halogens is 1. The highest BCUT2D eigenvalue weighted by atomic mass is 32.2. The van der Waals surface area contributed by atoms with Gasteiger partial charge in [0.25, 0.3) is 10.2 Å². The summed E-state index contributed by atoms with van der Waals surface area (Å²) in [6, 6.07) is 11.1. The smallest absolute Gasteiger partial charge is 0.277 e. The van der Waals surface area contributed by atoms with E-state index in [1.54, 1.807) is 0 Å². The summed E-state index contributed by atoms with van der Waals surface area (Å²) in [4.78, 5) is 2.38. The average Bonchev–Trinajstić information content (AvgIpc) is 3.56. The predicted octanol–water partition coefficient (Wildman–Crippen LogP) is 3.54. The maximum atomic E-state index is 13.5. The van der Waals surface area contributed by atoms with Gasteiger partial charge in [-0.25, -0.2) is 9.11 Å². The first-order valence-corrected chi connectivity index (χ1v) is 12.9. The van der Waals surface area contributed by atoms with Crippen LogP contribution in [0.1, 0.15) is 49.7 Å². The van der Waals surface area contributed by atoms with E-state index in [0.29, 0.717) is 19.1 Å². The molecule has 2 aromatic carbocycles. The van der Waals surface area contributed by atoms with Crippen molar-refractivity contribution in [2.45, 2.75) is 50.6 Å². The van der Waals surface area contributed by atoms with Gasteiger partial charge < -0.3 is 4.74 Å². The molecular weight excluding hydrogens is 429 g/mol. The lowest BCUT2D eigenvalue weighted by molar-refractivity contribution is 0.152. The van der Waals surface area contributed by atoms with Crippen molar-refractivity contribution in [3.05, 3.63) is 53.3 Å². The maximum Gasteiger partial charge on any atom is 0.277 e. The van der Waals surface area contributed by atoms with Crippen LogP contribution in [0.2, 0.25) is 0 Å². The predicted molar refractivity (Wildman–Crippen MR) is 122 cm³/mol. The summed E-state index contributed by atoms with van der Waals surface area (Å²) in [5, 5.41) is 0. The molecule has 1 saturated carbocycles. The second-order valence-electron chi connectivity index (χ2n) is 9.24. The van der Waals surface area contributed by atoms with Crippen molar-refractivity contribution in [1.82, 2.24) is 14.3 Å². The molecule has 8 heteroatoms. The number of hydrogen-bond donors (Lipinski definition) is 2. The average molecular weight is 460 g/mol. The third-order valence-electron chi connectivity index (χ3n) is 6.86. The molecule has 5 rings (SSSR count). The normalized spacial score (nSPS) is 22.3. The molecule has 1 spiro atoms. The van der Waals surface area contributed by atoms with Crippen LogP contribution in [0.5, 0.6) is 5.75 Å². The van der Waals surface area contributed by atoms with Gasteiger partial charge in [-0.1, -0.05) is 12.1 Å². The Bertz CT molecular complexity index is 1090. The van der Waals surface area contributed by atoms with E-state index in [4.69, 9.17) is 4.74 Å². The van der Waals surface area contributed by atoms with Crippen molar-refractivity contribution in [2.24, 2.45) is 0 Å². The van der Waals surface area contributed by atoms with Crippen LogP contribution in [-0.4, -0.2) is 45.1 Å². The molecule has 0 aromatic heterocycles. The number of likely N-dealkylation sites (tertiary alicyclic amines) is 1. The molecule has 2 aliphatic heterocycles. The molecular formula is C24H30FN3O3S. The fraction of sp³-hybridized carbons (Fsp3) is 0.500. The van der Waals surface area contributed by atoms with Gasteiger partial charge in [0.15, 0.2) is 0 Å². The van der Waals surface area contributed by atoms with Crippen molar-refractivity contribution in [1.29, 1.82) is 0 Å². The van der Waals surface area contributed by atoms with Crippen LogP contribution in [-0.2, 0) is 16.8 Å². The highest BCUT2D eigenvalue weighted by Crippen LogP contribution is 2.46. The van der Waals surface area contributed by atoms with Crippen molar-refractivity contribution >= 4 is 10.2 Å². The Labute approximate surface area is 189 Å². The van der Waals surface area contributed by atoms with E-state index in [1.165, 1.54) is 36.1 Å². The molecule has 172 valence electrons. The molecule has 6 nitrogen and oxygen atoms in total. The van der Waals surface area contributed by atoms with E-state index in [1.807, 2.05) is 19.1 Å². The van der Waals surface area contributed by atoms with Crippen molar-refractivity contribution in [3.63, 3.8) is 0 Å². The van der Waals surface area contributed by atoms with Gasteiger partial charge in [-0.2, -0.15) is 13.1 Å². The molecule has 2 aromatic rings. The maximum absolute atomic E-state index is 13.5. The van der Waals surface area contributed by atoms with Gasteiger partial charge in [0, 0.05) is 31.7 Å². The summed E-state index contributed by atoms with van der Waals surface area (Å²) in [5.74, 6) is 1.19. The zero-order valence-electron chi connectivity index (χ0n) is 18.4. The minimum atomic E-state index is -3.35. The summed E-state index contributed by atoms with van der Waals surface area (Å²) >= 11 is 0. The Balaban J connectivity index is 1.39. The molecule has 3 aliphatic rings. The first-order chi connectivity index (χ1) is 15.4. The molecule has 3 fully saturated rings. The summed E-state index contributed by atoms with van der Waals surface area (Å²) < 4.78 is 48.5. The van der Waals surface area contributed by atoms with E-state index >= 15 is 0 Å². The van der Waals surface area contributed by atoms with Crippen LogP contribution in [0.15, 0.2) is 36.4 Å². The summed E-state index contributed by atoms with van der Waals surface area (Å²) in [7, 11) is -3.35. The monoisotopic (exact) mass is 459 g/mol. The van der Waals surface area contributed by atoms with Gasteiger partial charge in [-0.3, -0.25) is 4.90 Å². The van der Waals surface area contributed by atoms with Gasteiger partial charge in [0.1, 0.15) is 11.6 Å². The summed E-state index contributed by atoms with van der Waals surface area (Å²) in [6.45, 7) is 5.46. The number of piperidine rings is 1. The quantitative estimate of drug-likeness (QED) is 0.693. The topological polar surface area (TPSA) is 70.7 Å². The Morgan fingerprint density at radius 1 is 1.16 bits per heavy atom. The Kier molecular flexibility index (Phi) is 5.73. The van der Waals surface area contributed by atoms with E-state index < -0.39 is 10.2 Å². The van der Waals surface area contributed by atoms with Crippen molar-refractivity contribution in [3.8, 4) is 16.9 Å². The summed E-state index contributed by atoms with van der Waals surface area (Å²) in [6.07, 6.45) is 3.93. The zero-order chi connectivity index (χ0) is 22.3. The first kappa shape index (κ1) is 21.8. The molecule has 2 heterocycles. The molecule has 0 atom stereocenters. The number of rotatable bonds is 6. The molecule has 2 N–H and O–H groups in total. The number of nitrogens with one attached hydrogen (secondary N) is 2. The molecule has 0 radical (unpaired) electrons. The highest BCUT2D eigenvalue weighted by Gasteiger charge is 2.43. The second-order valence-corrected chi connectivity index (χ2v) is 10.7. The van der Waals surface area contributed by atoms with Crippen LogP contribution >= 0.6 is 0 Å². The fourth-order valence-electron chi connectivity index (χ4n) is 4.92. The lowest BCUT2D eigenvalue weighted by Gasteiger charge is -2.38. The van der Waals surface area contributed by atoms with Crippen LogP contribution in [0, 0.1) is 5.82 Å². The third-order valence-corrected chi connectivity index (χ3v) is 8.09. The van der Waals surface area contributed by atoms with E-state index in [-0.39, 0.29) is 11.4 Å². The largest absolute Gasteiger partial charge is 0.494 e. The Morgan fingerprint density at radius 3 is 2.47 bits per heavy atom. The van der Waals surface area contributed by atoms with Crippen LogP contribution in [0.4, 0.5) is 4.39 Å². The van der Waals surface area contributed by atoms with Crippen LogP contribution in [0.3, 0.4) is 0 Å². The minimum Gasteiger partial charge on any atom is -0.494 e. The molecule has 0 bridgehead atoms. The Morgan fingerprint density at radius 2 is 1.88 bits per heavy atom. The number of nitrogens with zero attached hydrogens (tertiary/aromatic N) is 1. The highest BCUT2D eigenvalue weighted by molar-refractivity contribution is 7.87. The van der Waals surface area contributed by atoms with Gasteiger partial charge in [0.05, 0.1) is 12.1 Å². The van der Waals surface area contributed by atoms with Crippen molar-refractivity contribution < 1.29 is 17.5 Å². The minimum absolute atomic E-state index is 0.231. The van der Waals surface area contributed by atoms with E-state index in [0.717, 1.165) is 49.4 Å². The molecule has 1 aliphatic carbocycles. The zero-order valence-corrected chi connectivity index (χ0v) is 19.2. The molecule has 2 saturated heterocycles.